The fourth-order valence-electron chi connectivity index (χ4n) is 7.49. The molecule has 3 nitrogen and oxygen atoms in total. The van der Waals surface area contributed by atoms with E-state index < -0.39 is 0 Å². The highest BCUT2D eigenvalue weighted by molar-refractivity contribution is 5.98. The average Bonchev–Trinajstić information content (AvgIpc) is 3.10. The molecule has 0 radical (unpaired) electrons. The fourth-order valence-corrected chi connectivity index (χ4v) is 7.49. The Kier molecular flexibility index (Phi) is 4.99. The number of carbonyl (C=O) groups excluding carboxylic acids is 2. The van der Waals surface area contributed by atoms with Crippen LogP contribution in [0.4, 0.5) is 5.69 Å². The molecule has 4 aliphatic carbocycles. The van der Waals surface area contributed by atoms with E-state index in [-0.39, 0.29) is 23.0 Å². The van der Waals surface area contributed by atoms with Crippen LogP contribution in [0.15, 0.2) is 47.1 Å². The Hall–Kier alpha value is -2.16. The van der Waals surface area contributed by atoms with Crippen molar-refractivity contribution in [3.63, 3.8) is 0 Å². The lowest BCUT2D eigenvalue weighted by Gasteiger charge is -2.49. The molecule has 3 heteroatoms. The van der Waals surface area contributed by atoms with Gasteiger partial charge in [-0.05, 0) is 104 Å². The zero-order chi connectivity index (χ0) is 21.9. The highest BCUT2D eigenvalue weighted by atomic mass is 16.1. The second-order valence-corrected chi connectivity index (χ2v) is 10.8. The molecular formula is C28H35NO2. The third-order valence-corrected chi connectivity index (χ3v) is 9.15. The number of benzene rings is 1. The van der Waals surface area contributed by atoms with E-state index in [1.807, 2.05) is 20.2 Å². The van der Waals surface area contributed by atoms with Gasteiger partial charge in [-0.15, -0.1) is 0 Å². The Morgan fingerprint density at radius 2 is 1.81 bits per heavy atom. The van der Waals surface area contributed by atoms with Gasteiger partial charge in [0.25, 0.3) is 0 Å². The molecule has 0 heterocycles. The van der Waals surface area contributed by atoms with Crippen LogP contribution in [0.5, 0.6) is 0 Å². The van der Waals surface area contributed by atoms with Crippen molar-refractivity contribution in [2.75, 3.05) is 19.0 Å². The Balaban J connectivity index is 1.47. The molecule has 0 aromatic heterocycles. The van der Waals surface area contributed by atoms with Gasteiger partial charge in [-0.25, -0.2) is 0 Å². The number of fused-ring (bicyclic) bond motifs is 4. The van der Waals surface area contributed by atoms with Gasteiger partial charge >= 0.3 is 0 Å². The van der Waals surface area contributed by atoms with Crippen LogP contribution in [0, 0.1) is 23.2 Å². The molecule has 5 atom stereocenters. The Labute approximate surface area is 186 Å². The maximum absolute atomic E-state index is 13.0. The standard InChI is InChI=1S/C28H35NO2/c1-17(30)25-11-12-26-22-10-7-19-15-27(31)24(18-5-8-20(9-6-18)29(3)4)16-23(19)21(22)13-14-28(25,26)2/h5-6,8-9,15,22,24-26H,7,10-14,16H2,1-4H3/t22-,24?,25-,26+,28-/m1/s1. The molecule has 0 saturated heterocycles. The summed E-state index contributed by atoms with van der Waals surface area (Å²) in [5.41, 5.74) is 6.91. The van der Waals surface area contributed by atoms with Crippen LogP contribution in [0.3, 0.4) is 0 Å². The number of allylic oxidation sites excluding steroid dienone is 4. The van der Waals surface area contributed by atoms with Crippen LogP contribution in [0.1, 0.15) is 70.3 Å². The Morgan fingerprint density at radius 1 is 1.06 bits per heavy atom. The van der Waals surface area contributed by atoms with E-state index in [1.54, 1.807) is 12.5 Å². The summed E-state index contributed by atoms with van der Waals surface area (Å²) in [5, 5.41) is 0. The molecular weight excluding hydrogens is 382 g/mol. The number of carbonyl (C=O) groups is 2. The van der Waals surface area contributed by atoms with E-state index in [2.05, 4.69) is 36.1 Å². The second kappa shape index (κ2) is 7.46. The van der Waals surface area contributed by atoms with Crippen molar-refractivity contribution in [2.24, 2.45) is 23.2 Å². The number of anilines is 1. The van der Waals surface area contributed by atoms with Crippen molar-refractivity contribution in [3.05, 3.63) is 52.6 Å². The summed E-state index contributed by atoms with van der Waals surface area (Å²) in [4.78, 5) is 27.5. The van der Waals surface area contributed by atoms with Gasteiger partial charge < -0.3 is 4.90 Å². The Morgan fingerprint density at radius 3 is 2.48 bits per heavy atom. The molecule has 0 N–H and O–H groups in total. The average molecular weight is 418 g/mol. The van der Waals surface area contributed by atoms with Crippen LogP contribution >= 0.6 is 0 Å². The van der Waals surface area contributed by atoms with Gasteiger partial charge in [0.2, 0.25) is 0 Å². The Bertz CT molecular complexity index is 983. The first-order chi connectivity index (χ1) is 14.8. The molecule has 4 aliphatic rings. The minimum Gasteiger partial charge on any atom is -0.378 e. The third-order valence-electron chi connectivity index (χ3n) is 9.15. The quantitative estimate of drug-likeness (QED) is 0.618. The lowest BCUT2D eigenvalue weighted by atomic mass is 9.55. The fraction of sp³-hybridized carbons (Fsp3) is 0.571. The van der Waals surface area contributed by atoms with Crippen LogP contribution in [-0.4, -0.2) is 25.7 Å². The number of nitrogens with zero attached hydrogens (tertiary/aromatic N) is 1. The smallest absolute Gasteiger partial charge is 0.163 e. The van der Waals surface area contributed by atoms with Gasteiger partial charge in [-0.3, -0.25) is 9.59 Å². The molecule has 0 aliphatic heterocycles. The largest absolute Gasteiger partial charge is 0.378 e. The number of rotatable bonds is 3. The van der Waals surface area contributed by atoms with Gasteiger partial charge in [-0.2, -0.15) is 0 Å². The van der Waals surface area contributed by atoms with Gasteiger partial charge in [0, 0.05) is 25.7 Å². The monoisotopic (exact) mass is 417 g/mol. The molecule has 0 spiro atoms. The molecule has 0 bridgehead atoms. The van der Waals surface area contributed by atoms with Crippen molar-refractivity contribution < 1.29 is 9.59 Å². The molecule has 5 rings (SSSR count). The summed E-state index contributed by atoms with van der Waals surface area (Å²) in [6.45, 7) is 4.19. The number of ketones is 2. The highest BCUT2D eigenvalue weighted by Crippen LogP contribution is 2.62. The van der Waals surface area contributed by atoms with E-state index >= 15 is 0 Å². The van der Waals surface area contributed by atoms with E-state index in [0.717, 1.165) is 49.8 Å². The number of Topliss-reactive ketones (excluding diaryl/α,β-unsaturated/α-hetero) is 1. The first kappa shape index (κ1) is 20.7. The maximum atomic E-state index is 13.0. The number of hydrogen-bond donors (Lipinski definition) is 0. The number of hydrogen-bond acceptors (Lipinski definition) is 3. The van der Waals surface area contributed by atoms with Crippen LogP contribution in [0.2, 0.25) is 0 Å². The summed E-state index contributed by atoms with van der Waals surface area (Å²) >= 11 is 0. The van der Waals surface area contributed by atoms with Crippen molar-refractivity contribution >= 4 is 17.3 Å². The van der Waals surface area contributed by atoms with Gasteiger partial charge in [0.05, 0.1) is 5.92 Å². The summed E-state index contributed by atoms with van der Waals surface area (Å²) in [7, 11) is 4.09. The first-order valence-electron chi connectivity index (χ1n) is 12.0. The van der Waals surface area contributed by atoms with Gasteiger partial charge in [0.1, 0.15) is 5.78 Å². The van der Waals surface area contributed by atoms with Crippen LogP contribution in [-0.2, 0) is 9.59 Å². The third kappa shape index (κ3) is 3.23. The van der Waals surface area contributed by atoms with E-state index in [9.17, 15) is 9.59 Å². The summed E-state index contributed by atoms with van der Waals surface area (Å²) < 4.78 is 0. The minimum absolute atomic E-state index is 0.0527. The molecule has 2 saturated carbocycles. The summed E-state index contributed by atoms with van der Waals surface area (Å²) in [6, 6.07) is 8.51. The molecule has 1 aromatic rings. The second-order valence-electron chi connectivity index (χ2n) is 10.8. The topological polar surface area (TPSA) is 37.4 Å². The first-order valence-corrected chi connectivity index (χ1v) is 12.0. The zero-order valence-corrected chi connectivity index (χ0v) is 19.4. The predicted octanol–water partition coefficient (Wildman–Crippen LogP) is 5.86. The molecule has 1 unspecified atom stereocenters. The van der Waals surface area contributed by atoms with Crippen LogP contribution in [0.25, 0.3) is 0 Å². The molecule has 164 valence electrons. The lowest BCUT2D eigenvalue weighted by Crippen LogP contribution is -2.42. The van der Waals surface area contributed by atoms with Crippen molar-refractivity contribution in [3.8, 4) is 0 Å². The minimum atomic E-state index is -0.0527. The van der Waals surface area contributed by atoms with Crippen molar-refractivity contribution in [1.29, 1.82) is 0 Å². The highest BCUT2D eigenvalue weighted by Gasteiger charge is 2.54. The lowest BCUT2D eigenvalue weighted by molar-refractivity contribution is -0.125. The maximum Gasteiger partial charge on any atom is 0.163 e. The predicted molar refractivity (Wildman–Crippen MR) is 125 cm³/mol. The zero-order valence-electron chi connectivity index (χ0n) is 19.4. The van der Waals surface area contributed by atoms with Crippen molar-refractivity contribution in [1.82, 2.24) is 0 Å². The SMILES string of the molecule is CC(=O)[C@H]1CC[C@H]2[C@@H]3CCC4=CC(=O)C(c5ccc(N(C)C)cc5)CC4=C3CC[C@]12C. The van der Waals surface area contributed by atoms with Crippen LogP contribution < -0.4 is 4.90 Å². The van der Waals surface area contributed by atoms with Gasteiger partial charge in [-0.1, -0.05) is 24.6 Å². The normalized spacial score (nSPS) is 34.6. The summed E-state index contributed by atoms with van der Waals surface area (Å²) in [6.07, 6.45) is 9.50. The molecule has 31 heavy (non-hydrogen) atoms. The van der Waals surface area contributed by atoms with Crippen molar-refractivity contribution in [2.45, 2.75) is 64.7 Å². The molecule has 1 aromatic carbocycles. The molecule has 2 fully saturated rings. The van der Waals surface area contributed by atoms with E-state index in [0.29, 0.717) is 17.6 Å². The van der Waals surface area contributed by atoms with E-state index in [4.69, 9.17) is 0 Å². The summed E-state index contributed by atoms with van der Waals surface area (Å²) in [5.74, 6) is 2.10. The van der Waals surface area contributed by atoms with E-state index in [1.165, 1.54) is 17.6 Å². The van der Waals surface area contributed by atoms with Gasteiger partial charge in [0.15, 0.2) is 5.78 Å². The molecule has 0 amide bonds.